The van der Waals surface area contributed by atoms with Crippen LogP contribution in [0.2, 0.25) is 0 Å². The minimum Gasteiger partial charge on any atom is -0.396 e. The molecule has 5 heteroatoms. The number of quaternary nitrogens is 2. The number of allylic oxidation sites excluding steroid dienone is 3. The highest BCUT2D eigenvalue weighted by Crippen LogP contribution is 2.24. The van der Waals surface area contributed by atoms with E-state index in [-0.39, 0.29) is 6.61 Å². The fourth-order valence-electron chi connectivity index (χ4n) is 3.44. The first-order valence-electron chi connectivity index (χ1n) is 12.3. The molecular formula is C26H54N2O3+2. The van der Waals surface area contributed by atoms with Crippen LogP contribution in [0.1, 0.15) is 52.4 Å². The van der Waals surface area contributed by atoms with Crippen LogP contribution in [0.25, 0.3) is 0 Å². The van der Waals surface area contributed by atoms with E-state index in [1.165, 1.54) is 38.8 Å². The Hall–Kier alpha value is -0.720. The number of hydrogen-bond acceptors (Lipinski definition) is 3. The Kier molecular flexibility index (Phi) is 16.5. The molecule has 0 aromatic carbocycles. The summed E-state index contributed by atoms with van der Waals surface area (Å²) in [5.41, 5.74) is -0.390. The van der Waals surface area contributed by atoms with E-state index in [1.807, 2.05) is 6.08 Å². The summed E-state index contributed by atoms with van der Waals surface area (Å²) in [6.45, 7) is 15.1. The van der Waals surface area contributed by atoms with Gasteiger partial charge in [-0.1, -0.05) is 44.9 Å². The maximum absolute atomic E-state index is 10.3. The first-order valence-corrected chi connectivity index (χ1v) is 12.3. The third-order valence-electron chi connectivity index (χ3n) is 6.09. The molecule has 1 N–H and O–H groups in total. The van der Waals surface area contributed by atoms with Crippen LogP contribution in [0.4, 0.5) is 0 Å². The molecule has 31 heavy (non-hydrogen) atoms. The summed E-state index contributed by atoms with van der Waals surface area (Å²) in [6, 6.07) is 0. The van der Waals surface area contributed by atoms with Gasteiger partial charge in [-0.2, -0.15) is 0 Å². The number of aliphatic hydroxyl groups is 1. The van der Waals surface area contributed by atoms with Crippen LogP contribution in [0.5, 0.6) is 0 Å². The first-order chi connectivity index (χ1) is 14.7. The molecule has 0 saturated heterocycles. The second-order valence-corrected chi connectivity index (χ2v) is 10.4. The fourth-order valence-corrected chi connectivity index (χ4v) is 3.44. The Morgan fingerprint density at radius 3 is 1.68 bits per heavy atom. The average molecular weight is 443 g/mol. The van der Waals surface area contributed by atoms with Gasteiger partial charge in [0.1, 0.15) is 13.1 Å². The predicted octanol–water partition coefficient (Wildman–Crippen LogP) is 4.27. The van der Waals surface area contributed by atoms with E-state index in [2.05, 4.69) is 60.8 Å². The summed E-state index contributed by atoms with van der Waals surface area (Å²) in [4.78, 5) is 0. The van der Waals surface area contributed by atoms with Gasteiger partial charge in [0, 0.05) is 5.41 Å². The summed E-state index contributed by atoms with van der Waals surface area (Å²) in [7, 11) is 9.05. The molecule has 0 aliphatic rings. The van der Waals surface area contributed by atoms with Gasteiger partial charge < -0.3 is 23.5 Å². The molecule has 0 saturated carbocycles. The number of rotatable bonds is 21. The van der Waals surface area contributed by atoms with Crippen LogP contribution in [0.3, 0.4) is 0 Å². The zero-order chi connectivity index (χ0) is 23.6. The zero-order valence-corrected chi connectivity index (χ0v) is 21.7. The standard InChI is InChI=1S/C26H54N2O3/c1-8-11-14-15-16-26(23-29,24-30-21-19-27(4,5)17-12-9-2)25-31-22-20-28(6,7)18-13-10-3/h8,14-15,29H,1,9-13,16-25H2,2-7H3/q+2. The van der Waals surface area contributed by atoms with Gasteiger partial charge in [0.15, 0.2) is 0 Å². The molecule has 0 spiro atoms. The van der Waals surface area contributed by atoms with Crippen LogP contribution in [-0.4, -0.2) is 101 Å². The van der Waals surface area contributed by atoms with Crippen molar-refractivity contribution in [2.24, 2.45) is 5.41 Å². The van der Waals surface area contributed by atoms with Crippen LogP contribution in [0, 0.1) is 5.41 Å². The molecule has 0 unspecified atom stereocenters. The first kappa shape index (κ1) is 30.3. The molecule has 184 valence electrons. The largest absolute Gasteiger partial charge is 0.396 e. The van der Waals surface area contributed by atoms with E-state index in [0.29, 0.717) is 26.4 Å². The lowest BCUT2D eigenvalue weighted by Crippen LogP contribution is -2.45. The van der Waals surface area contributed by atoms with Gasteiger partial charge in [0.05, 0.1) is 74.3 Å². The molecule has 0 atom stereocenters. The Balaban J connectivity index is 4.72. The summed E-state index contributed by atoms with van der Waals surface area (Å²) in [5.74, 6) is 0. The van der Waals surface area contributed by atoms with E-state index >= 15 is 0 Å². The molecule has 5 nitrogen and oxygen atoms in total. The van der Waals surface area contributed by atoms with E-state index in [0.717, 1.165) is 34.9 Å². The summed E-state index contributed by atoms with van der Waals surface area (Å²) < 4.78 is 14.1. The van der Waals surface area contributed by atoms with Crippen LogP contribution >= 0.6 is 0 Å². The summed E-state index contributed by atoms with van der Waals surface area (Å²) in [6.07, 6.45) is 12.6. The van der Waals surface area contributed by atoms with Gasteiger partial charge in [0.2, 0.25) is 0 Å². The molecular weight excluding hydrogens is 388 g/mol. The monoisotopic (exact) mass is 442 g/mol. The van der Waals surface area contributed by atoms with Crippen molar-refractivity contribution in [2.75, 3.05) is 87.4 Å². The highest BCUT2D eigenvalue weighted by Gasteiger charge is 2.30. The molecule has 0 rings (SSSR count). The Morgan fingerprint density at radius 1 is 0.806 bits per heavy atom. The van der Waals surface area contributed by atoms with Gasteiger partial charge in [-0.25, -0.2) is 0 Å². The van der Waals surface area contributed by atoms with Crippen molar-refractivity contribution < 1.29 is 23.5 Å². The van der Waals surface area contributed by atoms with Gasteiger partial charge in [-0.05, 0) is 25.7 Å². The Bertz CT molecular complexity index is 447. The van der Waals surface area contributed by atoms with Crippen molar-refractivity contribution in [3.8, 4) is 0 Å². The predicted molar refractivity (Wildman–Crippen MR) is 133 cm³/mol. The molecule has 0 radical (unpaired) electrons. The van der Waals surface area contributed by atoms with E-state index < -0.39 is 5.41 Å². The lowest BCUT2D eigenvalue weighted by atomic mass is 9.87. The maximum Gasteiger partial charge on any atom is 0.102 e. The van der Waals surface area contributed by atoms with E-state index in [1.54, 1.807) is 0 Å². The van der Waals surface area contributed by atoms with Gasteiger partial charge in [-0.15, -0.1) is 6.58 Å². The van der Waals surface area contributed by atoms with Crippen molar-refractivity contribution in [3.63, 3.8) is 0 Å². The van der Waals surface area contributed by atoms with Crippen LogP contribution < -0.4 is 0 Å². The molecule has 0 amide bonds. The molecule has 0 fully saturated rings. The van der Waals surface area contributed by atoms with E-state index in [4.69, 9.17) is 9.47 Å². The van der Waals surface area contributed by atoms with E-state index in [9.17, 15) is 5.11 Å². The van der Waals surface area contributed by atoms with Gasteiger partial charge in [0.25, 0.3) is 0 Å². The lowest BCUT2D eigenvalue weighted by molar-refractivity contribution is -0.891. The Labute approximate surface area is 193 Å². The summed E-state index contributed by atoms with van der Waals surface area (Å²) in [5, 5.41) is 10.3. The minimum atomic E-state index is -0.390. The zero-order valence-electron chi connectivity index (χ0n) is 21.7. The smallest absolute Gasteiger partial charge is 0.102 e. The highest BCUT2D eigenvalue weighted by molar-refractivity contribution is 4.94. The number of nitrogens with zero attached hydrogens (tertiary/aromatic N) is 2. The SMILES string of the molecule is C=CCC=CCC(CO)(COCC[N+](C)(C)CCCC)COCC[N+](C)(C)CCCC. The molecule has 0 aliphatic heterocycles. The van der Waals surface area contributed by atoms with Crippen LogP contribution in [-0.2, 0) is 9.47 Å². The van der Waals surface area contributed by atoms with Crippen molar-refractivity contribution in [3.05, 3.63) is 24.8 Å². The lowest BCUT2D eigenvalue weighted by Gasteiger charge is -2.33. The van der Waals surface area contributed by atoms with Crippen molar-refractivity contribution >= 4 is 0 Å². The quantitative estimate of drug-likeness (QED) is 0.164. The van der Waals surface area contributed by atoms with Gasteiger partial charge in [-0.3, -0.25) is 0 Å². The second kappa shape index (κ2) is 16.8. The molecule has 0 heterocycles. The van der Waals surface area contributed by atoms with Crippen LogP contribution in [0.15, 0.2) is 24.8 Å². The molecule has 0 aromatic heterocycles. The van der Waals surface area contributed by atoms with Crippen molar-refractivity contribution in [1.82, 2.24) is 0 Å². The van der Waals surface area contributed by atoms with Crippen molar-refractivity contribution in [2.45, 2.75) is 52.4 Å². The normalized spacial score (nSPS) is 13.3. The number of aliphatic hydroxyl groups excluding tert-OH is 1. The number of likely N-dealkylation sites (N-methyl/N-ethyl adjacent to an activating group) is 2. The average Bonchev–Trinajstić information content (AvgIpc) is 2.74. The maximum atomic E-state index is 10.3. The number of ether oxygens (including phenoxy) is 2. The minimum absolute atomic E-state index is 0.0631. The highest BCUT2D eigenvalue weighted by atomic mass is 16.5. The molecule has 0 bridgehead atoms. The third kappa shape index (κ3) is 15.7. The molecule has 0 aliphatic carbocycles. The number of hydrogen-bond donors (Lipinski definition) is 1. The third-order valence-corrected chi connectivity index (χ3v) is 6.09. The fraction of sp³-hybridized carbons (Fsp3) is 0.846. The summed E-state index contributed by atoms with van der Waals surface area (Å²) >= 11 is 0. The topological polar surface area (TPSA) is 38.7 Å². The molecule has 0 aromatic rings. The van der Waals surface area contributed by atoms with Gasteiger partial charge >= 0.3 is 0 Å². The Morgan fingerprint density at radius 2 is 1.29 bits per heavy atom. The second-order valence-electron chi connectivity index (χ2n) is 10.4. The van der Waals surface area contributed by atoms with Crippen molar-refractivity contribution in [1.29, 1.82) is 0 Å². The number of unbranched alkanes of at least 4 members (excludes halogenated alkanes) is 2.